The average molecular weight is 465 g/mol. The summed E-state index contributed by atoms with van der Waals surface area (Å²) >= 11 is 6.26. The van der Waals surface area contributed by atoms with Gasteiger partial charge in [0.05, 0.1) is 16.1 Å². The zero-order valence-corrected chi connectivity index (χ0v) is 18.7. The molecule has 1 aromatic heterocycles. The van der Waals surface area contributed by atoms with Crippen LogP contribution in [0.15, 0.2) is 83.8 Å². The van der Waals surface area contributed by atoms with Crippen molar-refractivity contribution in [1.82, 2.24) is 15.3 Å². The number of piperazine rings is 1. The van der Waals surface area contributed by atoms with Gasteiger partial charge in [0.2, 0.25) is 15.8 Å². The van der Waals surface area contributed by atoms with Gasteiger partial charge in [-0.1, -0.05) is 60.1 Å². The number of nitrogens with one attached hydrogen (secondary N) is 1. The molecule has 0 saturated carbocycles. The molecule has 1 unspecified atom stereocenters. The van der Waals surface area contributed by atoms with Crippen LogP contribution in [0.2, 0.25) is 5.02 Å². The van der Waals surface area contributed by atoms with Gasteiger partial charge in [-0.05, 0) is 30.3 Å². The van der Waals surface area contributed by atoms with Gasteiger partial charge in [0.15, 0.2) is 5.37 Å². The quantitative estimate of drug-likeness (QED) is 0.488. The van der Waals surface area contributed by atoms with Gasteiger partial charge in [-0.3, -0.25) is 0 Å². The molecule has 1 saturated heterocycles. The molecule has 0 spiro atoms. The molecular formula is C24H21ClN4O2S. The fourth-order valence-corrected chi connectivity index (χ4v) is 5.88. The zero-order chi connectivity index (χ0) is 22.1. The third-order valence-electron chi connectivity index (χ3n) is 5.58. The molecule has 162 valence electrons. The Balaban J connectivity index is 1.67. The monoisotopic (exact) mass is 464 g/mol. The Morgan fingerprint density at radius 3 is 2.41 bits per heavy atom. The molecule has 6 nitrogen and oxygen atoms in total. The summed E-state index contributed by atoms with van der Waals surface area (Å²) in [6.07, 6.45) is 0. The van der Waals surface area contributed by atoms with E-state index in [1.54, 1.807) is 41.3 Å². The number of benzene rings is 3. The fourth-order valence-electron chi connectivity index (χ4n) is 3.99. The maximum atomic E-state index is 13.5. The van der Waals surface area contributed by atoms with E-state index in [9.17, 15) is 8.42 Å². The molecule has 5 rings (SSSR count). The molecule has 1 aliphatic rings. The summed E-state index contributed by atoms with van der Waals surface area (Å²) in [5.74, 6) is 0.393. The van der Waals surface area contributed by atoms with Crippen LogP contribution in [0, 0.1) is 0 Å². The third kappa shape index (κ3) is 3.83. The van der Waals surface area contributed by atoms with Crippen LogP contribution in [0.1, 0.15) is 0 Å². The standard InChI is InChI=1S/C24H21ClN4O2S/c25-18-11-12-21-20(15-18)23(17-7-3-1-4-8-17)28-24(27-21)29-14-13-26-16-22(29)32(30,31)19-9-5-2-6-10-19/h1-12,15,22,26H,13-14,16H2. The lowest BCUT2D eigenvalue weighted by atomic mass is 10.1. The average Bonchev–Trinajstić information content (AvgIpc) is 2.84. The van der Waals surface area contributed by atoms with Gasteiger partial charge in [-0.25, -0.2) is 18.4 Å². The Morgan fingerprint density at radius 1 is 0.938 bits per heavy atom. The molecule has 1 fully saturated rings. The van der Waals surface area contributed by atoms with Crippen LogP contribution in [0.3, 0.4) is 0 Å². The molecular weight excluding hydrogens is 444 g/mol. The van der Waals surface area contributed by atoms with E-state index in [4.69, 9.17) is 21.6 Å². The largest absolute Gasteiger partial charge is 0.321 e. The summed E-state index contributed by atoms with van der Waals surface area (Å²) in [5, 5.41) is 3.81. The number of rotatable bonds is 4. The Kier molecular flexibility index (Phi) is 5.55. The van der Waals surface area contributed by atoms with Gasteiger partial charge in [-0.15, -0.1) is 0 Å². The number of hydrogen-bond donors (Lipinski definition) is 1. The second-order valence-electron chi connectivity index (χ2n) is 7.61. The number of hydrogen-bond acceptors (Lipinski definition) is 6. The lowest BCUT2D eigenvalue weighted by Gasteiger charge is -2.36. The topological polar surface area (TPSA) is 75.2 Å². The van der Waals surface area contributed by atoms with Crippen molar-refractivity contribution >= 4 is 38.3 Å². The number of sulfone groups is 1. The summed E-state index contributed by atoms with van der Waals surface area (Å²) in [4.78, 5) is 11.7. The van der Waals surface area contributed by atoms with E-state index in [1.807, 2.05) is 42.5 Å². The van der Waals surface area contributed by atoms with Crippen LogP contribution in [0.5, 0.6) is 0 Å². The van der Waals surface area contributed by atoms with E-state index in [-0.39, 0.29) is 4.90 Å². The minimum atomic E-state index is -3.63. The van der Waals surface area contributed by atoms with Crippen molar-refractivity contribution in [3.05, 3.63) is 83.9 Å². The summed E-state index contributed by atoms with van der Waals surface area (Å²) in [7, 11) is -3.63. The van der Waals surface area contributed by atoms with E-state index in [0.717, 1.165) is 16.6 Å². The summed E-state index contributed by atoms with van der Waals surface area (Å²) in [6.45, 7) is 1.41. The summed E-state index contributed by atoms with van der Waals surface area (Å²) in [5.41, 5.74) is 2.36. The second kappa shape index (κ2) is 8.50. The van der Waals surface area contributed by atoms with Gasteiger partial charge in [0.1, 0.15) is 0 Å². The molecule has 4 aromatic rings. The molecule has 2 heterocycles. The van der Waals surface area contributed by atoms with Crippen molar-refractivity contribution in [2.45, 2.75) is 10.3 Å². The van der Waals surface area contributed by atoms with Crippen LogP contribution in [0.4, 0.5) is 5.95 Å². The van der Waals surface area contributed by atoms with Crippen molar-refractivity contribution < 1.29 is 8.42 Å². The molecule has 0 radical (unpaired) electrons. The van der Waals surface area contributed by atoms with E-state index < -0.39 is 15.2 Å². The van der Waals surface area contributed by atoms with Crippen LogP contribution in [-0.4, -0.2) is 43.4 Å². The van der Waals surface area contributed by atoms with E-state index in [2.05, 4.69) is 5.32 Å². The van der Waals surface area contributed by atoms with Crippen molar-refractivity contribution in [2.75, 3.05) is 24.5 Å². The first-order chi connectivity index (χ1) is 15.5. The maximum Gasteiger partial charge on any atom is 0.227 e. The predicted octanol–water partition coefficient (Wildman–Crippen LogP) is 4.16. The first-order valence-corrected chi connectivity index (χ1v) is 12.3. The zero-order valence-electron chi connectivity index (χ0n) is 17.1. The van der Waals surface area contributed by atoms with E-state index >= 15 is 0 Å². The number of fused-ring (bicyclic) bond motifs is 1. The van der Waals surface area contributed by atoms with Crippen LogP contribution < -0.4 is 10.2 Å². The third-order valence-corrected chi connectivity index (χ3v) is 7.88. The Labute approximate surface area is 191 Å². The van der Waals surface area contributed by atoms with Crippen molar-refractivity contribution in [1.29, 1.82) is 0 Å². The first-order valence-electron chi connectivity index (χ1n) is 10.3. The van der Waals surface area contributed by atoms with Crippen LogP contribution in [-0.2, 0) is 9.84 Å². The molecule has 0 aliphatic carbocycles. The summed E-state index contributed by atoms with van der Waals surface area (Å²) in [6, 6.07) is 23.8. The Hall–Kier alpha value is -3.00. The van der Waals surface area contributed by atoms with E-state index in [0.29, 0.717) is 36.1 Å². The minimum Gasteiger partial charge on any atom is -0.321 e. The molecule has 0 amide bonds. The normalized spacial score (nSPS) is 16.9. The number of nitrogens with zero attached hydrogens (tertiary/aromatic N) is 3. The van der Waals surface area contributed by atoms with Crippen molar-refractivity contribution in [2.24, 2.45) is 0 Å². The SMILES string of the molecule is O=S(=O)(c1ccccc1)C1CNCCN1c1nc(-c2ccccc2)c2cc(Cl)ccc2n1. The lowest BCUT2D eigenvalue weighted by Crippen LogP contribution is -2.55. The Bertz CT molecular complexity index is 1370. The maximum absolute atomic E-state index is 13.5. The highest BCUT2D eigenvalue weighted by atomic mass is 35.5. The van der Waals surface area contributed by atoms with Gasteiger partial charge >= 0.3 is 0 Å². The lowest BCUT2D eigenvalue weighted by molar-refractivity contribution is 0.513. The number of aromatic nitrogens is 2. The predicted molar refractivity (Wildman–Crippen MR) is 128 cm³/mol. The van der Waals surface area contributed by atoms with Gasteiger partial charge in [0.25, 0.3) is 0 Å². The highest BCUT2D eigenvalue weighted by molar-refractivity contribution is 7.92. The minimum absolute atomic E-state index is 0.287. The fraction of sp³-hybridized carbons (Fsp3) is 0.167. The van der Waals surface area contributed by atoms with Gasteiger partial charge in [0, 0.05) is 35.6 Å². The smallest absolute Gasteiger partial charge is 0.227 e. The number of halogens is 1. The highest BCUT2D eigenvalue weighted by Gasteiger charge is 2.36. The molecule has 1 N–H and O–H groups in total. The van der Waals surface area contributed by atoms with Crippen molar-refractivity contribution in [3.63, 3.8) is 0 Å². The first kappa shape index (κ1) is 20.9. The Morgan fingerprint density at radius 2 is 1.66 bits per heavy atom. The van der Waals surface area contributed by atoms with Gasteiger partial charge < -0.3 is 10.2 Å². The molecule has 0 bridgehead atoms. The summed E-state index contributed by atoms with van der Waals surface area (Å²) < 4.78 is 27.0. The number of anilines is 1. The highest BCUT2D eigenvalue weighted by Crippen LogP contribution is 2.32. The molecule has 32 heavy (non-hydrogen) atoms. The van der Waals surface area contributed by atoms with E-state index in [1.165, 1.54) is 0 Å². The second-order valence-corrected chi connectivity index (χ2v) is 10.2. The van der Waals surface area contributed by atoms with Crippen molar-refractivity contribution in [3.8, 4) is 11.3 Å². The molecule has 8 heteroatoms. The van der Waals surface area contributed by atoms with Crippen LogP contribution in [0.25, 0.3) is 22.2 Å². The molecule has 1 atom stereocenters. The molecule has 3 aromatic carbocycles. The van der Waals surface area contributed by atoms with Gasteiger partial charge in [-0.2, -0.15) is 0 Å². The molecule has 1 aliphatic heterocycles. The van der Waals surface area contributed by atoms with Crippen LogP contribution >= 0.6 is 11.6 Å².